The van der Waals surface area contributed by atoms with Crippen molar-refractivity contribution in [3.8, 4) is 17.2 Å². The number of nitrogens with zero attached hydrogens (tertiary/aromatic N) is 1. The Hall–Kier alpha value is -3.22. The second-order valence-electron chi connectivity index (χ2n) is 7.33. The van der Waals surface area contributed by atoms with Gasteiger partial charge in [-0.1, -0.05) is 23.8 Å². The summed E-state index contributed by atoms with van der Waals surface area (Å²) in [4.78, 5) is 26.9. The Kier molecular flexibility index (Phi) is 4.37. The average Bonchev–Trinajstić information content (AvgIpc) is 3.20. The summed E-state index contributed by atoms with van der Waals surface area (Å²) in [5.74, 6) is 1.72. The van der Waals surface area contributed by atoms with Crippen molar-refractivity contribution in [3.05, 3.63) is 53.1 Å². The maximum Gasteiger partial charge on any atom is 0.325 e. The van der Waals surface area contributed by atoms with E-state index in [1.165, 1.54) is 4.90 Å². The number of hydrogen-bond acceptors (Lipinski definition) is 5. The summed E-state index contributed by atoms with van der Waals surface area (Å²) in [6, 6.07) is 10.8. The Morgan fingerprint density at radius 2 is 1.93 bits per heavy atom. The number of methoxy groups -OCH3 is 1. The highest BCUT2D eigenvalue weighted by Crippen LogP contribution is 2.34. The summed E-state index contributed by atoms with van der Waals surface area (Å²) in [6.45, 7) is 4.05. The largest absolute Gasteiger partial charge is 0.496 e. The summed E-state index contributed by atoms with van der Waals surface area (Å²) < 4.78 is 16.1. The zero-order chi connectivity index (χ0) is 19.9. The van der Waals surface area contributed by atoms with Crippen LogP contribution in [0.25, 0.3) is 0 Å². The van der Waals surface area contributed by atoms with Gasteiger partial charge in [0, 0.05) is 12.0 Å². The van der Waals surface area contributed by atoms with Crippen molar-refractivity contribution in [1.82, 2.24) is 10.2 Å². The molecule has 1 N–H and O–H groups in total. The molecule has 0 saturated carbocycles. The van der Waals surface area contributed by atoms with Crippen LogP contribution in [0.5, 0.6) is 17.2 Å². The van der Waals surface area contributed by atoms with E-state index in [0.717, 1.165) is 16.7 Å². The van der Waals surface area contributed by atoms with Crippen molar-refractivity contribution < 1.29 is 23.8 Å². The summed E-state index contributed by atoms with van der Waals surface area (Å²) in [7, 11) is 1.57. The van der Waals surface area contributed by atoms with E-state index in [1.54, 1.807) is 14.0 Å². The number of aryl methyl sites for hydroxylation is 1. The monoisotopic (exact) mass is 382 g/mol. The molecule has 4 rings (SSSR count). The van der Waals surface area contributed by atoms with Crippen molar-refractivity contribution in [3.63, 3.8) is 0 Å². The maximum atomic E-state index is 13.1. The fourth-order valence-corrected chi connectivity index (χ4v) is 3.67. The van der Waals surface area contributed by atoms with Gasteiger partial charge < -0.3 is 19.5 Å². The van der Waals surface area contributed by atoms with Gasteiger partial charge in [0.25, 0.3) is 5.91 Å². The summed E-state index contributed by atoms with van der Waals surface area (Å²) >= 11 is 0. The molecule has 2 aromatic rings. The van der Waals surface area contributed by atoms with Gasteiger partial charge in [0.05, 0.1) is 13.7 Å². The van der Waals surface area contributed by atoms with E-state index in [9.17, 15) is 9.59 Å². The van der Waals surface area contributed by atoms with E-state index in [4.69, 9.17) is 14.2 Å². The van der Waals surface area contributed by atoms with Gasteiger partial charge in [-0.15, -0.1) is 0 Å². The Bertz CT molecular complexity index is 958. The Morgan fingerprint density at radius 3 is 2.71 bits per heavy atom. The molecule has 2 aliphatic rings. The molecule has 0 bridgehead atoms. The molecule has 0 spiro atoms. The van der Waals surface area contributed by atoms with Crippen molar-refractivity contribution in [2.24, 2.45) is 0 Å². The number of hydrogen-bond donors (Lipinski definition) is 1. The molecule has 2 heterocycles. The molecular formula is C21H22N2O5. The minimum atomic E-state index is -1.03. The number of nitrogens with one attached hydrogen (secondary N) is 1. The van der Waals surface area contributed by atoms with Gasteiger partial charge in [0.15, 0.2) is 11.5 Å². The lowest BCUT2D eigenvalue weighted by Crippen LogP contribution is -2.45. The predicted octanol–water partition coefficient (Wildman–Crippen LogP) is 2.79. The minimum Gasteiger partial charge on any atom is -0.496 e. The van der Waals surface area contributed by atoms with Gasteiger partial charge in [-0.25, -0.2) is 4.79 Å². The number of imide groups is 1. The molecule has 1 atom stereocenters. The highest BCUT2D eigenvalue weighted by atomic mass is 16.7. The molecule has 7 heteroatoms. The first-order valence-corrected chi connectivity index (χ1v) is 9.06. The average molecular weight is 382 g/mol. The fourth-order valence-electron chi connectivity index (χ4n) is 3.67. The lowest BCUT2D eigenvalue weighted by Gasteiger charge is -2.22. The number of ether oxygens (including phenoxy) is 3. The number of fused-ring (bicyclic) bond motifs is 1. The van der Waals surface area contributed by atoms with Crippen LogP contribution >= 0.6 is 0 Å². The quantitative estimate of drug-likeness (QED) is 0.805. The van der Waals surface area contributed by atoms with Crippen LogP contribution in [0.15, 0.2) is 36.4 Å². The normalized spacial score (nSPS) is 20.5. The standard InChI is InChI=1S/C21H22N2O5/c1-13-4-6-16(26-3)15(8-13)11-23-19(24)21(2,22-20(23)25)10-14-5-7-17-18(9-14)28-12-27-17/h4-9H,10-12H2,1-3H3,(H,22,25)/t21-/m1/s1. The van der Waals surface area contributed by atoms with Gasteiger partial charge >= 0.3 is 6.03 Å². The first kappa shape index (κ1) is 18.2. The first-order valence-electron chi connectivity index (χ1n) is 9.06. The van der Waals surface area contributed by atoms with E-state index in [2.05, 4.69) is 5.32 Å². The number of benzene rings is 2. The number of urea groups is 1. The van der Waals surface area contributed by atoms with Crippen molar-refractivity contribution in [2.45, 2.75) is 32.4 Å². The molecule has 7 nitrogen and oxygen atoms in total. The molecular weight excluding hydrogens is 360 g/mol. The fraction of sp³-hybridized carbons (Fsp3) is 0.333. The molecule has 0 aliphatic carbocycles. The van der Waals surface area contributed by atoms with Crippen LogP contribution in [-0.4, -0.2) is 36.3 Å². The first-order chi connectivity index (χ1) is 13.4. The van der Waals surface area contributed by atoms with Gasteiger partial charge in [0.2, 0.25) is 6.79 Å². The van der Waals surface area contributed by atoms with Crippen molar-refractivity contribution in [1.29, 1.82) is 0 Å². The third-order valence-electron chi connectivity index (χ3n) is 5.10. The number of amides is 3. The minimum absolute atomic E-state index is 0.159. The number of carbonyl (C=O) groups is 2. The zero-order valence-electron chi connectivity index (χ0n) is 16.1. The lowest BCUT2D eigenvalue weighted by molar-refractivity contribution is -0.131. The maximum absolute atomic E-state index is 13.1. The van der Waals surface area contributed by atoms with Crippen LogP contribution in [0.1, 0.15) is 23.6 Å². The second-order valence-corrected chi connectivity index (χ2v) is 7.33. The summed E-state index contributed by atoms with van der Waals surface area (Å²) in [5, 5.41) is 2.84. The number of rotatable bonds is 5. The van der Waals surface area contributed by atoms with Crippen LogP contribution in [-0.2, 0) is 17.8 Å². The molecule has 0 radical (unpaired) electrons. The summed E-state index contributed by atoms with van der Waals surface area (Å²) in [6.07, 6.45) is 0.357. The third kappa shape index (κ3) is 3.13. The molecule has 3 amide bonds. The Labute approximate surface area is 163 Å². The molecule has 2 aliphatic heterocycles. The van der Waals surface area contributed by atoms with E-state index >= 15 is 0 Å². The Balaban J connectivity index is 1.55. The molecule has 0 unspecified atom stereocenters. The van der Waals surface area contributed by atoms with E-state index in [0.29, 0.717) is 23.7 Å². The van der Waals surface area contributed by atoms with E-state index in [1.807, 2.05) is 43.3 Å². The molecule has 2 aromatic carbocycles. The predicted molar refractivity (Wildman–Crippen MR) is 101 cm³/mol. The highest BCUT2D eigenvalue weighted by molar-refractivity contribution is 6.06. The summed E-state index contributed by atoms with van der Waals surface area (Å²) in [5.41, 5.74) is 1.68. The lowest BCUT2D eigenvalue weighted by atomic mass is 9.92. The van der Waals surface area contributed by atoms with Crippen LogP contribution in [0.3, 0.4) is 0 Å². The van der Waals surface area contributed by atoms with Gasteiger partial charge in [-0.2, -0.15) is 0 Å². The van der Waals surface area contributed by atoms with Crippen molar-refractivity contribution >= 4 is 11.9 Å². The smallest absolute Gasteiger partial charge is 0.325 e. The molecule has 28 heavy (non-hydrogen) atoms. The van der Waals surface area contributed by atoms with Crippen LogP contribution in [0, 0.1) is 6.92 Å². The molecule has 1 fully saturated rings. The van der Waals surface area contributed by atoms with Gasteiger partial charge in [-0.05, 0) is 37.6 Å². The molecule has 146 valence electrons. The highest BCUT2D eigenvalue weighted by Gasteiger charge is 2.47. The van der Waals surface area contributed by atoms with Crippen LogP contribution < -0.4 is 19.5 Å². The van der Waals surface area contributed by atoms with E-state index < -0.39 is 11.6 Å². The van der Waals surface area contributed by atoms with Gasteiger partial charge in [-0.3, -0.25) is 9.69 Å². The number of carbonyl (C=O) groups excluding carboxylic acids is 2. The third-order valence-corrected chi connectivity index (χ3v) is 5.10. The molecule has 0 aromatic heterocycles. The zero-order valence-corrected chi connectivity index (χ0v) is 16.1. The second kappa shape index (κ2) is 6.74. The topological polar surface area (TPSA) is 77.1 Å². The van der Waals surface area contributed by atoms with Crippen LogP contribution in [0.2, 0.25) is 0 Å². The van der Waals surface area contributed by atoms with Gasteiger partial charge in [0.1, 0.15) is 11.3 Å². The molecule has 1 saturated heterocycles. The van der Waals surface area contributed by atoms with Crippen LogP contribution in [0.4, 0.5) is 4.79 Å². The van der Waals surface area contributed by atoms with E-state index in [-0.39, 0.29) is 19.2 Å². The SMILES string of the molecule is COc1ccc(C)cc1CN1C(=O)N[C@](C)(Cc2ccc3c(c2)OCO3)C1=O. The van der Waals surface area contributed by atoms with Crippen molar-refractivity contribution in [2.75, 3.05) is 13.9 Å². The Morgan fingerprint density at radius 1 is 1.14 bits per heavy atom.